The standard InChI is InChI=1S/C12H7Cl3N2O/c13-8-1-2-9(14)10(6-8)17-12(18)7-3-4-16-11(15)5-7/h1-6H,(H,17,18). The molecule has 1 aromatic heterocycles. The molecule has 0 fully saturated rings. The Morgan fingerprint density at radius 1 is 1.11 bits per heavy atom. The second kappa shape index (κ2) is 5.57. The molecule has 1 aromatic carbocycles. The van der Waals surface area contributed by atoms with E-state index in [0.717, 1.165) is 0 Å². The Kier molecular flexibility index (Phi) is 4.07. The van der Waals surface area contributed by atoms with Crippen LogP contribution in [-0.4, -0.2) is 10.9 Å². The molecule has 3 nitrogen and oxygen atoms in total. The van der Waals surface area contributed by atoms with Gasteiger partial charge in [0.25, 0.3) is 5.91 Å². The fourth-order valence-corrected chi connectivity index (χ4v) is 1.84. The van der Waals surface area contributed by atoms with E-state index in [4.69, 9.17) is 34.8 Å². The minimum Gasteiger partial charge on any atom is -0.321 e. The SMILES string of the molecule is O=C(Nc1cc(Cl)ccc1Cl)c1ccnc(Cl)c1. The fraction of sp³-hybridized carbons (Fsp3) is 0. The summed E-state index contributed by atoms with van der Waals surface area (Å²) in [7, 11) is 0. The van der Waals surface area contributed by atoms with Crippen LogP contribution in [0.2, 0.25) is 15.2 Å². The number of pyridine rings is 1. The number of carbonyl (C=O) groups excluding carboxylic acids is 1. The second-order valence-electron chi connectivity index (χ2n) is 3.45. The van der Waals surface area contributed by atoms with E-state index in [-0.39, 0.29) is 11.1 Å². The van der Waals surface area contributed by atoms with Crippen LogP contribution in [0.15, 0.2) is 36.5 Å². The Morgan fingerprint density at radius 3 is 2.61 bits per heavy atom. The lowest BCUT2D eigenvalue weighted by molar-refractivity contribution is 0.102. The molecule has 0 bridgehead atoms. The molecule has 0 atom stereocenters. The molecule has 0 saturated heterocycles. The number of rotatable bonds is 2. The van der Waals surface area contributed by atoms with Crippen molar-refractivity contribution in [2.45, 2.75) is 0 Å². The van der Waals surface area contributed by atoms with Gasteiger partial charge < -0.3 is 5.32 Å². The van der Waals surface area contributed by atoms with Crippen LogP contribution in [0.5, 0.6) is 0 Å². The second-order valence-corrected chi connectivity index (χ2v) is 4.68. The number of benzene rings is 1. The number of hydrogen-bond acceptors (Lipinski definition) is 2. The molecular weight excluding hydrogens is 295 g/mol. The quantitative estimate of drug-likeness (QED) is 0.841. The van der Waals surface area contributed by atoms with Crippen molar-refractivity contribution < 1.29 is 4.79 Å². The summed E-state index contributed by atoms with van der Waals surface area (Å²) in [6, 6.07) is 7.85. The maximum absolute atomic E-state index is 11.9. The molecule has 0 aliphatic rings. The normalized spacial score (nSPS) is 10.2. The van der Waals surface area contributed by atoms with Crippen LogP contribution in [0.25, 0.3) is 0 Å². The first-order valence-corrected chi connectivity index (χ1v) is 6.07. The van der Waals surface area contributed by atoms with E-state index in [1.165, 1.54) is 12.3 Å². The predicted molar refractivity (Wildman–Crippen MR) is 73.7 cm³/mol. The van der Waals surface area contributed by atoms with Crippen molar-refractivity contribution in [1.82, 2.24) is 4.98 Å². The highest BCUT2D eigenvalue weighted by Gasteiger charge is 2.09. The van der Waals surface area contributed by atoms with Gasteiger partial charge in [-0.05, 0) is 30.3 Å². The van der Waals surface area contributed by atoms with Crippen LogP contribution in [0, 0.1) is 0 Å². The lowest BCUT2D eigenvalue weighted by atomic mass is 10.2. The van der Waals surface area contributed by atoms with E-state index in [1.54, 1.807) is 24.3 Å². The molecule has 18 heavy (non-hydrogen) atoms. The van der Waals surface area contributed by atoms with Gasteiger partial charge in [-0.1, -0.05) is 34.8 Å². The maximum atomic E-state index is 11.9. The molecule has 1 heterocycles. The summed E-state index contributed by atoms with van der Waals surface area (Å²) in [5.41, 5.74) is 0.841. The summed E-state index contributed by atoms with van der Waals surface area (Å²) in [4.78, 5) is 15.7. The largest absolute Gasteiger partial charge is 0.321 e. The number of anilines is 1. The molecule has 0 saturated carbocycles. The zero-order valence-electron chi connectivity index (χ0n) is 8.95. The van der Waals surface area contributed by atoms with Gasteiger partial charge in [0.2, 0.25) is 0 Å². The van der Waals surface area contributed by atoms with Crippen LogP contribution < -0.4 is 5.32 Å². The first-order valence-electron chi connectivity index (χ1n) is 4.94. The van der Waals surface area contributed by atoms with Crippen molar-refractivity contribution in [3.05, 3.63) is 57.3 Å². The van der Waals surface area contributed by atoms with Gasteiger partial charge in [0.1, 0.15) is 5.15 Å². The average molecular weight is 302 g/mol. The minimum absolute atomic E-state index is 0.250. The molecule has 0 unspecified atom stereocenters. The number of nitrogens with one attached hydrogen (secondary N) is 1. The summed E-state index contributed by atoms with van der Waals surface area (Å²) < 4.78 is 0. The summed E-state index contributed by atoms with van der Waals surface area (Å²) >= 11 is 17.5. The van der Waals surface area contributed by atoms with E-state index in [9.17, 15) is 4.79 Å². The summed E-state index contributed by atoms with van der Waals surface area (Å²) in [6.45, 7) is 0. The Hall–Kier alpha value is -1.29. The Balaban J connectivity index is 2.24. The highest BCUT2D eigenvalue weighted by atomic mass is 35.5. The zero-order chi connectivity index (χ0) is 13.1. The molecular formula is C12H7Cl3N2O. The third kappa shape index (κ3) is 3.13. The monoisotopic (exact) mass is 300 g/mol. The molecule has 2 rings (SSSR count). The number of carbonyl (C=O) groups is 1. The highest BCUT2D eigenvalue weighted by Crippen LogP contribution is 2.25. The zero-order valence-corrected chi connectivity index (χ0v) is 11.2. The van der Waals surface area contributed by atoms with E-state index >= 15 is 0 Å². The average Bonchev–Trinajstić information content (AvgIpc) is 2.34. The highest BCUT2D eigenvalue weighted by molar-refractivity contribution is 6.36. The topological polar surface area (TPSA) is 42.0 Å². The molecule has 1 N–H and O–H groups in total. The number of halogens is 3. The third-order valence-corrected chi connectivity index (χ3v) is 2.94. The van der Waals surface area contributed by atoms with E-state index in [2.05, 4.69) is 10.3 Å². The summed E-state index contributed by atoms with van der Waals surface area (Å²) in [5.74, 6) is -0.330. The van der Waals surface area contributed by atoms with Crippen molar-refractivity contribution in [2.24, 2.45) is 0 Å². The predicted octanol–water partition coefficient (Wildman–Crippen LogP) is 4.29. The van der Waals surface area contributed by atoms with E-state index in [1.807, 2.05) is 0 Å². The number of nitrogens with zero attached hydrogens (tertiary/aromatic N) is 1. The lowest BCUT2D eigenvalue weighted by Gasteiger charge is -2.07. The maximum Gasteiger partial charge on any atom is 0.255 e. The number of amides is 1. The third-order valence-electron chi connectivity index (χ3n) is 2.17. The molecule has 2 aromatic rings. The molecule has 92 valence electrons. The van der Waals surface area contributed by atoms with Crippen LogP contribution in [-0.2, 0) is 0 Å². The molecule has 0 aliphatic carbocycles. The molecule has 6 heteroatoms. The van der Waals surface area contributed by atoms with Gasteiger partial charge in [0.05, 0.1) is 10.7 Å². The lowest BCUT2D eigenvalue weighted by Crippen LogP contribution is -2.12. The molecule has 0 radical (unpaired) electrons. The van der Waals surface area contributed by atoms with Crippen LogP contribution in [0.3, 0.4) is 0 Å². The van der Waals surface area contributed by atoms with Crippen LogP contribution >= 0.6 is 34.8 Å². The fourth-order valence-electron chi connectivity index (χ4n) is 1.33. The smallest absolute Gasteiger partial charge is 0.255 e. The summed E-state index contributed by atoms with van der Waals surface area (Å²) in [6.07, 6.45) is 1.46. The van der Waals surface area contributed by atoms with Gasteiger partial charge in [-0.2, -0.15) is 0 Å². The van der Waals surface area contributed by atoms with Crippen molar-refractivity contribution in [3.8, 4) is 0 Å². The first-order chi connectivity index (χ1) is 8.56. The minimum atomic E-state index is -0.330. The van der Waals surface area contributed by atoms with Crippen LogP contribution in [0.1, 0.15) is 10.4 Å². The van der Waals surface area contributed by atoms with Gasteiger partial charge in [-0.25, -0.2) is 4.98 Å². The van der Waals surface area contributed by atoms with E-state index < -0.39 is 0 Å². The number of aromatic nitrogens is 1. The van der Waals surface area contributed by atoms with Gasteiger partial charge in [-0.15, -0.1) is 0 Å². The molecule has 0 aliphatic heterocycles. The van der Waals surface area contributed by atoms with Gasteiger partial charge in [0.15, 0.2) is 0 Å². The Labute approximate surface area is 119 Å². The first kappa shape index (κ1) is 13.1. The van der Waals surface area contributed by atoms with Gasteiger partial charge >= 0.3 is 0 Å². The van der Waals surface area contributed by atoms with Crippen molar-refractivity contribution in [3.63, 3.8) is 0 Å². The van der Waals surface area contributed by atoms with Gasteiger partial charge in [-0.3, -0.25) is 4.79 Å². The number of hydrogen-bond donors (Lipinski definition) is 1. The van der Waals surface area contributed by atoms with Crippen molar-refractivity contribution >= 4 is 46.4 Å². The molecule has 0 spiro atoms. The Morgan fingerprint density at radius 2 is 1.89 bits per heavy atom. The van der Waals surface area contributed by atoms with E-state index in [0.29, 0.717) is 21.3 Å². The van der Waals surface area contributed by atoms with Gasteiger partial charge in [0, 0.05) is 16.8 Å². The van der Waals surface area contributed by atoms with Crippen molar-refractivity contribution in [1.29, 1.82) is 0 Å². The summed E-state index contributed by atoms with van der Waals surface area (Å²) in [5, 5.41) is 3.80. The van der Waals surface area contributed by atoms with Crippen LogP contribution in [0.4, 0.5) is 5.69 Å². The van der Waals surface area contributed by atoms with Crippen molar-refractivity contribution in [2.75, 3.05) is 5.32 Å². The molecule has 1 amide bonds. The Bertz CT molecular complexity index is 602.